The summed E-state index contributed by atoms with van der Waals surface area (Å²) in [5.41, 5.74) is 1.87. The summed E-state index contributed by atoms with van der Waals surface area (Å²) in [5.74, 6) is -0.967. The fraction of sp³-hybridized carbons (Fsp3) is 0.389. The van der Waals surface area contributed by atoms with E-state index in [2.05, 4.69) is 10.5 Å². The molecule has 1 saturated heterocycles. The molecule has 1 aliphatic heterocycles. The maximum atomic E-state index is 12.2. The van der Waals surface area contributed by atoms with E-state index in [1.807, 2.05) is 0 Å². The van der Waals surface area contributed by atoms with Gasteiger partial charge in [0.15, 0.2) is 0 Å². The second-order valence-corrected chi connectivity index (χ2v) is 6.30. The van der Waals surface area contributed by atoms with Gasteiger partial charge in [-0.3, -0.25) is 9.69 Å². The van der Waals surface area contributed by atoms with Gasteiger partial charge in [0.2, 0.25) is 0 Å². The zero-order valence-corrected chi connectivity index (χ0v) is 15.0. The SMILES string of the molecule is CN(Cc1ccon1)[C@H](C(=O)O)c1ccc(NC(=O)N2CCOCC2)cc1. The zero-order valence-electron chi connectivity index (χ0n) is 15.0. The van der Waals surface area contributed by atoms with Gasteiger partial charge < -0.3 is 24.6 Å². The number of nitrogens with one attached hydrogen (secondary N) is 1. The Labute approximate surface area is 156 Å². The number of urea groups is 1. The van der Waals surface area contributed by atoms with E-state index in [9.17, 15) is 14.7 Å². The summed E-state index contributed by atoms with van der Waals surface area (Å²) in [4.78, 5) is 27.3. The molecule has 0 spiro atoms. The number of benzene rings is 1. The molecular formula is C18H22N4O5. The Hall–Kier alpha value is -2.91. The van der Waals surface area contributed by atoms with E-state index in [1.54, 1.807) is 47.2 Å². The molecule has 0 aliphatic carbocycles. The van der Waals surface area contributed by atoms with Gasteiger partial charge in [0.1, 0.15) is 12.3 Å². The topological polar surface area (TPSA) is 108 Å². The molecule has 1 aromatic carbocycles. The van der Waals surface area contributed by atoms with E-state index >= 15 is 0 Å². The summed E-state index contributed by atoms with van der Waals surface area (Å²) in [6.45, 7) is 2.51. The molecule has 27 heavy (non-hydrogen) atoms. The van der Waals surface area contributed by atoms with E-state index in [-0.39, 0.29) is 6.03 Å². The Kier molecular flexibility index (Phi) is 6.05. The number of aromatic nitrogens is 1. The Morgan fingerprint density at radius 2 is 1.96 bits per heavy atom. The molecule has 9 nitrogen and oxygen atoms in total. The van der Waals surface area contributed by atoms with Crippen molar-refractivity contribution in [3.05, 3.63) is 47.9 Å². The minimum atomic E-state index is -0.967. The standard InChI is InChI=1S/C18H22N4O5/c1-21(12-15-6-9-27-20-15)16(17(23)24)13-2-4-14(5-3-13)19-18(25)22-7-10-26-11-8-22/h2-6,9,16H,7-8,10-12H2,1H3,(H,19,25)(H,23,24)/t16-/m0/s1. The largest absolute Gasteiger partial charge is 0.480 e. The van der Waals surface area contributed by atoms with Crippen LogP contribution in [0.1, 0.15) is 17.3 Å². The van der Waals surface area contributed by atoms with Gasteiger partial charge in [-0.05, 0) is 24.7 Å². The highest BCUT2D eigenvalue weighted by atomic mass is 16.5. The lowest BCUT2D eigenvalue weighted by Gasteiger charge is -2.27. The van der Waals surface area contributed by atoms with Crippen LogP contribution in [0.4, 0.5) is 10.5 Å². The third-order valence-electron chi connectivity index (χ3n) is 4.35. The number of anilines is 1. The van der Waals surface area contributed by atoms with E-state index in [0.717, 1.165) is 0 Å². The fourth-order valence-electron chi connectivity index (χ4n) is 2.97. The molecule has 1 aliphatic rings. The lowest BCUT2D eigenvalue weighted by molar-refractivity contribution is -0.143. The van der Waals surface area contributed by atoms with Crippen LogP contribution in [0.3, 0.4) is 0 Å². The van der Waals surface area contributed by atoms with Crippen molar-refractivity contribution in [1.29, 1.82) is 0 Å². The molecule has 1 atom stereocenters. The highest BCUT2D eigenvalue weighted by molar-refractivity contribution is 5.89. The second-order valence-electron chi connectivity index (χ2n) is 6.30. The zero-order chi connectivity index (χ0) is 19.2. The quantitative estimate of drug-likeness (QED) is 0.793. The molecule has 144 valence electrons. The predicted molar refractivity (Wildman–Crippen MR) is 96.2 cm³/mol. The summed E-state index contributed by atoms with van der Waals surface area (Å²) in [5, 5.41) is 16.3. The first kappa shape index (κ1) is 18.9. The van der Waals surface area contributed by atoms with Crippen molar-refractivity contribution in [1.82, 2.24) is 15.0 Å². The van der Waals surface area contributed by atoms with Gasteiger partial charge in [-0.2, -0.15) is 0 Å². The molecule has 3 rings (SSSR count). The lowest BCUT2D eigenvalue weighted by atomic mass is 10.0. The first-order valence-electron chi connectivity index (χ1n) is 8.60. The van der Waals surface area contributed by atoms with Gasteiger partial charge in [-0.1, -0.05) is 17.3 Å². The van der Waals surface area contributed by atoms with Crippen LogP contribution in [-0.4, -0.2) is 65.4 Å². The molecular weight excluding hydrogens is 352 g/mol. The van der Waals surface area contributed by atoms with E-state index in [1.165, 1.54) is 6.26 Å². The summed E-state index contributed by atoms with van der Waals surface area (Å²) in [6, 6.07) is 7.47. The van der Waals surface area contributed by atoms with Gasteiger partial charge in [-0.15, -0.1) is 0 Å². The van der Waals surface area contributed by atoms with Crippen molar-refractivity contribution < 1.29 is 24.0 Å². The molecule has 0 saturated carbocycles. The molecule has 9 heteroatoms. The molecule has 2 aromatic rings. The Bertz CT molecular complexity index is 757. The van der Waals surface area contributed by atoms with Crippen LogP contribution in [0, 0.1) is 0 Å². The summed E-state index contributed by atoms with van der Waals surface area (Å²) >= 11 is 0. The number of rotatable bonds is 6. The molecule has 1 fully saturated rings. The molecule has 0 bridgehead atoms. The fourth-order valence-corrected chi connectivity index (χ4v) is 2.97. The normalized spacial score (nSPS) is 15.6. The van der Waals surface area contributed by atoms with Crippen molar-refractivity contribution in [2.75, 3.05) is 38.7 Å². The minimum absolute atomic E-state index is 0.191. The Balaban J connectivity index is 1.66. The molecule has 0 unspecified atom stereocenters. The van der Waals surface area contributed by atoms with Gasteiger partial charge in [0, 0.05) is 31.4 Å². The van der Waals surface area contributed by atoms with Crippen LogP contribution in [0.15, 0.2) is 41.1 Å². The number of carboxylic acids is 1. The number of aliphatic carboxylic acids is 1. The number of ether oxygens (including phenoxy) is 1. The summed E-state index contributed by atoms with van der Waals surface area (Å²) in [7, 11) is 1.71. The maximum Gasteiger partial charge on any atom is 0.325 e. The van der Waals surface area contributed by atoms with Crippen molar-refractivity contribution in [2.24, 2.45) is 0 Å². The lowest BCUT2D eigenvalue weighted by Crippen LogP contribution is -2.43. The van der Waals surface area contributed by atoms with Gasteiger partial charge in [0.05, 0.1) is 18.9 Å². The summed E-state index contributed by atoms with van der Waals surface area (Å²) in [6.07, 6.45) is 1.45. The number of carbonyl (C=O) groups excluding carboxylic acids is 1. The van der Waals surface area contributed by atoms with Crippen molar-refractivity contribution in [3.8, 4) is 0 Å². The van der Waals surface area contributed by atoms with Crippen molar-refractivity contribution in [2.45, 2.75) is 12.6 Å². The third kappa shape index (κ3) is 4.83. The molecule has 2 N–H and O–H groups in total. The van der Waals surface area contributed by atoms with Crippen LogP contribution in [0.25, 0.3) is 0 Å². The maximum absolute atomic E-state index is 12.2. The highest BCUT2D eigenvalue weighted by Gasteiger charge is 2.25. The Morgan fingerprint density at radius 1 is 1.26 bits per heavy atom. The average molecular weight is 374 g/mol. The van der Waals surface area contributed by atoms with Gasteiger partial charge in [0.25, 0.3) is 0 Å². The molecule has 0 radical (unpaired) electrons. The highest BCUT2D eigenvalue weighted by Crippen LogP contribution is 2.23. The van der Waals surface area contributed by atoms with Crippen LogP contribution in [-0.2, 0) is 16.1 Å². The number of amides is 2. The number of nitrogens with zero attached hydrogens (tertiary/aromatic N) is 3. The first-order valence-corrected chi connectivity index (χ1v) is 8.60. The molecule has 2 amide bonds. The number of carboxylic acid groups (broad SMARTS) is 1. The first-order chi connectivity index (χ1) is 13.0. The number of morpholine rings is 1. The van der Waals surface area contributed by atoms with Crippen LogP contribution in [0.2, 0.25) is 0 Å². The minimum Gasteiger partial charge on any atom is -0.480 e. The Morgan fingerprint density at radius 3 is 2.56 bits per heavy atom. The van der Waals surface area contributed by atoms with Crippen molar-refractivity contribution in [3.63, 3.8) is 0 Å². The van der Waals surface area contributed by atoms with Crippen LogP contribution < -0.4 is 5.32 Å². The monoisotopic (exact) mass is 374 g/mol. The van der Waals surface area contributed by atoms with Gasteiger partial charge in [-0.25, -0.2) is 4.79 Å². The van der Waals surface area contributed by atoms with Crippen LogP contribution in [0.5, 0.6) is 0 Å². The van der Waals surface area contributed by atoms with E-state index < -0.39 is 12.0 Å². The number of carbonyl (C=O) groups is 2. The average Bonchev–Trinajstić information content (AvgIpc) is 3.16. The number of likely N-dealkylation sites (N-methyl/N-ethyl adjacent to an activating group) is 1. The smallest absolute Gasteiger partial charge is 0.325 e. The van der Waals surface area contributed by atoms with E-state index in [0.29, 0.717) is 49.8 Å². The molecule has 1 aromatic heterocycles. The number of hydrogen-bond acceptors (Lipinski definition) is 6. The van der Waals surface area contributed by atoms with Gasteiger partial charge >= 0.3 is 12.0 Å². The van der Waals surface area contributed by atoms with E-state index in [4.69, 9.17) is 9.26 Å². The second kappa shape index (κ2) is 8.65. The predicted octanol–water partition coefficient (Wildman–Crippen LogP) is 1.80. The van der Waals surface area contributed by atoms with Crippen LogP contribution >= 0.6 is 0 Å². The number of hydrogen-bond donors (Lipinski definition) is 2. The molecule has 2 heterocycles. The summed E-state index contributed by atoms with van der Waals surface area (Å²) < 4.78 is 10.0. The third-order valence-corrected chi connectivity index (χ3v) is 4.35. The van der Waals surface area contributed by atoms with Crippen molar-refractivity contribution >= 4 is 17.7 Å².